The highest BCUT2D eigenvalue weighted by Crippen LogP contribution is 2.35. The predicted molar refractivity (Wildman–Crippen MR) is 103 cm³/mol. The number of carbonyl (C=O) groups excluding carboxylic acids is 1. The molecule has 4 aromatic rings. The van der Waals surface area contributed by atoms with Gasteiger partial charge in [-0.1, -0.05) is 42.0 Å². The third kappa shape index (κ3) is 3.38. The molecule has 0 unspecified atom stereocenters. The Balaban J connectivity index is 1.67. The Hall–Kier alpha value is -3.13. The van der Waals surface area contributed by atoms with Gasteiger partial charge < -0.3 is 5.32 Å². The molecule has 0 saturated heterocycles. The molecule has 0 spiro atoms. The van der Waals surface area contributed by atoms with Crippen LogP contribution >= 0.6 is 11.3 Å². The molecule has 0 fully saturated rings. The minimum absolute atomic E-state index is 0.225. The number of aromatic nitrogens is 2. The van der Waals surface area contributed by atoms with Crippen molar-refractivity contribution in [1.82, 2.24) is 9.38 Å². The van der Waals surface area contributed by atoms with E-state index >= 15 is 0 Å². The third-order valence-electron chi connectivity index (χ3n) is 4.27. The number of hydrogen-bond acceptors (Lipinski definition) is 3. The first kappa shape index (κ1) is 18.2. The van der Waals surface area contributed by atoms with Crippen molar-refractivity contribution in [2.24, 2.45) is 0 Å². The van der Waals surface area contributed by atoms with E-state index in [1.54, 1.807) is 16.0 Å². The summed E-state index contributed by atoms with van der Waals surface area (Å²) in [5, 5.41) is 3.94. The van der Waals surface area contributed by atoms with Crippen molar-refractivity contribution in [3.63, 3.8) is 0 Å². The molecule has 2 aromatic heterocycles. The Kier molecular flexibility index (Phi) is 4.43. The molecule has 4 nitrogen and oxygen atoms in total. The summed E-state index contributed by atoms with van der Waals surface area (Å²) in [4.78, 5) is 17.7. The van der Waals surface area contributed by atoms with E-state index in [0.29, 0.717) is 10.7 Å². The molecule has 2 aromatic carbocycles. The molecule has 28 heavy (non-hydrogen) atoms. The number of thiazole rings is 1. The number of fused-ring (bicyclic) bond motifs is 1. The maximum atomic E-state index is 13.1. The molecular weight excluding hydrogens is 387 g/mol. The molecule has 1 N–H and O–H groups in total. The van der Waals surface area contributed by atoms with Crippen molar-refractivity contribution in [1.29, 1.82) is 0 Å². The van der Waals surface area contributed by atoms with Gasteiger partial charge in [-0.25, -0.2) is 4.98 Å². The second kappa shape index (κ2) is 6.79. The maximum Gasteiger partial charge on any atom is 0.418 e. The lowest BCUT2D eigenvalue weighted by molar-refractivity contribution is -0.136. The van der Waals surface area contributed by atoms with Crippen LogP contribution in [0.4, 0.5) is 18.9 Å². The highest BCUT2D eigenvalue weighted by Gasteiger charge is 2.33. The van der Waals surface area contributed by atoms with Crippen LogP contribution in [0.3, 0.4) is 0 Å². The van der Waals surface area contributed by atoms with E-state index in [-0.39, 0.29) is 11.4 Å². The molecule has 4 rings (SSSR count). The van der Waals surface area contributed by atoms with Crippen LogP contribution < -0.4 is 5.32 Å². The Morgan fingerprint density at radius 3 is 2.54 bits per heavy atom. The van der Waals surface area contributed by atoms with Crippen LogP contribution in [0.15, 0.2) is 60.1 Å². The molecule has 0 aliphatic carbocycles. The SMILES string of the molecule is Cc1ccc(-c2cn3c(C(=O)Nc4ccccc4C(F)(F)F)csc3n2)cc1. The first-order valence-corrected chi connectivity index (χ1v) is 9.22. The monoisotopic (exact) mass is 401 g/mol. The van der Waals surface area contributed by atoms with Gasteiger partial charge >= 0.3 is 6.18 Å². The number of rotatable bonds is 3. The van der Waals surface area contributed by atoms with Gasteiger partial charge in [-0.05, 0) is 19.1 Å². The molecule has 2 heterocycles. The van der Waals surface area contributed by atoms with E-state index in [1.807, 2.05) is 31.2 Å². The van der Waals surface area contributed by atoms with Gasteiger partial charge in [0.15, 0.2) is 4.96 Å². The van der Waals surface area contributed by atoms with Crippen molar-refractivity contribution in [2.75, 3.05) is 5.32 Å². The van der Waals surface area contributed by atoms with E-state index < -0.39 is 17.6 Å². The Morgan fingerprint density at radius 1 is 1.11 bits per heavy atom. The highest BCUT2D eigenvalue weighted by molar-refractivity contribution is 7.15. The molecule has 0 aliphatic rings. The average Bonchev–Trinajstić information content (AvgIpc) is 3.22. The average molecular weight is 401 g/mol. The third-order valence-corrected chi connectivity index (χ3v) is 5.11. The topological polar surface area (TPSA) is 46.4 Å². The lowest BCUT2D eigenvalue weighted by Crippen LogP contribution is -2.17. The van der Waals surface area contributed by atoms with Crippen LogP contribution in [0.25, 0.3) is 16.2 Å². The molecule has 0 bridgehead atoms. The molecule has 1 amide bonds. The predicted octanol–water partition coefficient (Wildman–Crippen LogP) is 5.64. The number of nitrogens with zero attached hydrogens (tertiary/aromatic N) is 2. The lowest BCUT2D eigenvalue weighted by atomic mass is 10.1. The standard InChI is InChI=1S/C20H14F3N3OS/c1-12-6-8-13(9-7-12)16-10-26-17(11-28-19(26)25-16)18(27)24-15-5-3-2-4-14(15)20(21,22)23/h2-11H,1H3,(H,24,27). The molecule has 8 heteroatoms. The number of alkyl halides is 3. The van der Waals surface area contributed by atoms with Crippen molar-refractivity contribution >= 4 is 27.9 Å². The van der Waals surface area contributed by atoms with E-state index in [1.165, 1.54) is 29.5 Å². The summed E-state index contributed by atoms with van der Waals surface area (Å²) >= 11 is 1.25. The number of para-hydroxylation sites is 1. The lowest BCUT2D eigenvalue weighted by Gasteiger charge is -2.13. The van der Waals surface area contributed by atoms with Gasteiger partial charge in [0.05, 0.1) is 16.9 Å². The van der Waals surface area contributed by atoms with Crippen molar-refractivity contribution in [3.8, 4) is 11.3 Å². The highest BCUT2D eigenvalue weighted by atomic mass is 32.1. The summed E-state index contributed by atoms with van der Waals surface area (Å²) in [6, 6.07) is 12.7. The quantitative estimate of drug-likeness (QED) is 0.483. The fraction of sp³-hybridized carbons (Fsp3) is 0.100. The van der Waals surface area contributed by atoms with Gasteiger partial charge in [0.25, 0.3) is 5.91 Å². The Morgan fingerprint density at radius 2 is 1.82 bits per heavy atom. The number of imidazole rings is 1. The summed E-state index contributed by atoms with van der Waals surface area (Å²) in [7, 11) is 0. The maximum absolute atomic E-state index is 13.1. The fourth-order valence-corrected chi connectivity index (χ4v) is 3.69. The van der Waals surface area contributed by atoms with Gasteiger partial charge in [-0.3, -0.25) is 9.20 Å². The Bertz CT molecular complexity index is 1160. The number of carbonyl (C=O) groups is 1. The zero-order valence-corrected chi connectivity index (χ0v) is 15.4. The van der Waals surface area contributed by atoms with Gasteiger partial charge in [0, 0.05) is 17.1 Å². The van der Waals surface area contributed by atoms with Gasteiger partial charge in [-0.2, -0.15) is 13.2 Å². The van der Waals surface area contributed by atoms with Crippen LogP contribution in [0.1, 0.15) is 21.6 Å². The second-order valence-corrected chi connectivity index (χ2v) is 7.10. The first-order chi connectivity index (χ1) is 13.3. The number of nitrogens with one attached hydrogen (secondary N) is 1. The molecule has 0 atom stereocenters. The van der Waals surface area contributed by atoms with Crippen molar-refractivity contribution in [3.05, 3.63) is 76.9 Å². The zero-order chi connectivity index (χ0) is 19.9. The van der Waals surface area contributed by atoms with Crippen molar-refractivity contribution in [2.45, 2.75) is 13.1 Å². The molecule has 142 valence electrons. The molecule has 0 radical (unpaired) electrons. The minimum atomic E-state index is -4.55. The summed E-state index contributed by atoms with van der Waals surface area (Å²) < 4.78 is 41.0. The van der Waals surface area contributed by atoms with E-state index in [9.17, 15) is 18.0 Å². The number of benzene rings is 2. The van der Waals surface area contributed by atoms with Gasteiger partial charge in [0.1, 0.15) is 5.69 Å². The number of amides is 1. The van der Waals surface area contributed by atoms with E-state index in [2.05, 4.69) is 10.3 Å². The molecule has 0 saturated carbocycles. The van der Waals surface area contributed by atoms with Gasteiger partial charge in [0.2, 0.25) is 0 Å². The van der Waals surface area contributed by atoms with Crippen LogP contribution in [-0.4, -0.2) is 15.3 Å². The van der Waals surface area contributed by atoms with Crippen LogP contribution in [0, 0.1) is 6.92 Å². The normalized spacial score (nSPS) is 11.7. The Labute approximate surface area is 162 Å². The number of anilines is 1. The molecule has 0 aliphatic heterocycles. The summed E-state index contributed by atoms with van der Waals surface area (Å²) in [5.74, 6) is -0.629. The summed E-state index contributed by atoms with van der Waals surface area (Å²) in [6.45, 7) is 1.98. The molecular formula is C20H14F3N3OS. The fourth-order valence-electron chi connectivity index (χ4n) is 2.84. The van der Waals surface area contributed by atoms with Crippen LogP contribution in [0.5, 0.6) is 0 Å². The van der Waals surface area contributed by atoms with Gasteiger partial charge in [-0.15, -0.1) is 11.3 Å². The summed E-state index contributed by atoms with van der Waals surface area (Å²) in [5.41, 5.74) is 1.77. The van der Waals surface area contributed by atoms with Crippen molar-refractivity contribution < 1.29 is 18.0 Å². The minimum Gasteiger partial charge on any atom is -0.320 e. The van der Waals surface area contributed by atoms with E-state index in [0.717, 1.165) is 17.2 Å². The first-order valence-electron chi connectivity index (χ1n) is 8.34. The summed E-state index contributed by atoms with van der Waals surface area (Å²) in [6.07, 6.45) is -2.84. The number of halogens is 3. The van der Waals surface area contributed by atoms with Crippen LogP contribution in [-0.2, 0) is 6.18 Å². The second-order valence-electron chi connectivity index (χ2n) is 6.26. The number of aryl methyl sites for hydroxylation is 1. The van der Waals surface area contributed by atoms with E-state index in [4.69, 9.17) is 0 Å². The largest absolute Gasteiger partial charge is 0.418 e. The smallest absolute Gasteiger partial charge is 0.320 e. The van der Waals surface area contributed by atoms with Crippen LogP contribution in [0.2, 0.25) is 0 Å². The number of hydrogen-bond donors (Lipinski definition) is 1. The zero-order valence-electron chi connectivity index (χ0n) is 14.6.